The van der Waals surface area contributed by atoms with Gasteiger partial charge in [0, 0.05) is 16.6 Å². The molecule has 0 aliphatic heterocycles. The predicted molar refractivity (Wildman–Crippen MR) is 61.2 cm³/mol. The molecule has 1 aromatic carbocycles. The van der Waals surface area contributed by atoms with Crippen molar-refractivity contribution in [3.05, 3.63) is 26.6 Å². The Labute approximate surface area is 94.9 Å². The molecule has 0 aliphatic rings. The second-order valence-electron chi connectivity index (χ2n) is 2.61. The van der Waals surface area contributed by atoms with Gasteiger partial charge in [-0.2, -0.15) is 0 Å². The molecule has 72 valence electrons. The van der Waals surface area contributed by atoms with E-state index in [2.05, 4.69) is 37.2 Å². The van der Waals surface area contributed by atoms with Crippen molar-refractivity contribution in [3.63, 3.8) is 0 Å². The fraction of sp³-hybridized carbons (Fsp3) is 0.333. The number of halogens is 2. The van der Waals surface area contributed by atoms with Crippen molar-refractivity contribution in [2.24, 2.45) is 0 Å². The summed E-state index contributed by atoms with van der Waals surface area (Å²) in [5.74, 6) is 0.887. The first-order chi connectivity index (χ1) is 6.19. The molecule has 0 heterocycles. The number of hydrogen-bond acceptors (Lipinski definition) is 2. The lowest BCUT2D eigenvalue weighted by molar-refractivity contribution is 0.405. The van der Waals surface area contributed by atoms with Crippen molar-refractivity contribution in [1.82, 2.24) is 5.32 Å². The minimum Gasteiger partial charge on any atom is -0.495 e. The van der Waals surface area contributed by atoms with E-state index < -0.39 is 0 Å². The van der Waals surface area contributed by atoms with E-state index in [1.807, 2.05) is 19.2 Å². The zero-order chi connectivity index (χ0) is 9.84. The van der Waals surface area contributed by atoms with Crippen LogP contribution < -0.4 is 10.1 Å². The van der Waals surface area contributed by atoms with Crippen LogP contribution in [0.25, 0.3) is 0 Å². The summed E-state index contributed by atoms with van der Waals surface area (Å²) in [5, 5.41) is 3.09. The SMILES string of the molecule is CNCc1cc(Br)cc(Br)c1OC. The van der Waals surface area contributed by atoms with E-state index >= 15 is 0 Å². The van der Waals surface area contributed by atoms with Crippen LogP contribution >= 0.6 is 31.9 Å². The standard InChI is InChI=1S/C9H11Br2NO/c1-12-5-6-3-7(10)4-8(11)9(6)13-2/h3-4,12H,5H2,1-2H3. The Bertz CT molecular complexity index is 302. The smallest absolute Gasteiger partial charge is 0.137 e. The molecule has 0 aliphatic carbocycles. The highest BCUT2D eigenvalue weighted by Crippen LogP contribution is 2.32. The van der Waals surface area contributed by atoms with E-state index in [0.29, 0.717) is 0 Å². The summed E-state index contributed by atoms with van der Waals surface area (Å²) >= 11 is 6.88. The van der Waals surface area contributed by atoms with Crippen LogP contribution in [-0.4, -0.2) is 14.2 Å². The van der Waals surface area contributed by atoms with Crippen molar-refractivity contribution in [2.75, 3.05) is 14.2 Å². The minimum absolute atomic E-state index is 0.793. The van der Waals surface area contributed by atoms with Crippen molar-refractivity contribution in [3.8, 4) is 5.75 Å². The third-order valence-corrected chi connectivity index (χ3v) is 2.70. The van der Waals surface area contributed by atoms with E-state index in [-0.39, 0.29) is 0 Å². The van der Waals surface area contributed by atoms with Gasteiger partial charge in [0.1, 0.15) is 5.75 Å². The van der Waals surface area contributed by atoms with Gasteiger partial charge in [0.25, 0.3) is 0 Å². The number of hydrogen-bond donors (Lipinski definition) is 1. The van der Waals surface area contributed by atoms with Gasteiger partial charge in [-0.3, -0.25) is 0 Å². The Balaban J connectivity index is 3.13. The molecule has 1 N–H and O–H groups in total. The largest absolute Gasteiger partial charge is 0.495 e. The van der Waals surface area contributed by atoms with E-state index in [9.17, 15) is 0 Å². The first kappa shape index (κ1) is 11.0. The Morgan fingerprint density at radius 1 is 1.38 bits per heavy atom. The quantitative estimate of drug-likeness (QED) is 0.927. The lowest BCUT2D eigenvalue weighted by atomic mass is 10.2. The zero-order valence-corrected chi connectivity index (χ0v) is 10.7. The first-order valence-electron chi connectivity index (χ1n) is 3.85. The second-order valence-corrected chi connectivity index (χ2v) is 4.38. The number of ether oxygens (including phenoxy) is 1. The maximum atomic E-state index is 5.28. The molecule has 0 spiro atoms. The first-order valence-corrected chi connectivity index (χ1v) is 5.44. The molecular weight excluding hydrogens is 298 g/mol. The third kappa shape index (κ3) is 2.69. The summed E-state index contributed by atoms with van der Waals surface area (Å²) < 4.78 is 7.29. The molecule has 0 fully saturated rings. The van der Waals surface area contributed by atoms with Crippen molar-refractivity contribution in [1.29, 1.82) is 0 Å². The van der Waals surface area contributed by atoms with Gasteiger partial charge in [-0.05, 0) is 35.1 Å². The molecule has 0 bridgehead atoms. The molecule has 1 rings (SSSR count). The molecule has 2 nitrogen and oxygen atoms in total. The summed E-state index contributed by atoms with van der Waals surface area (Å²) in [4.78, 5) is 0. The molecule has 0 unspecified atom stereocenters. The Morgan fingerprint density at radius 2 is 2.08 bits per heavy atom. The van der Waals surface area contributed by atoms with E-state index in [1.54, 1.807) is 7.11 Å². The number of methoxy groups -OCH3 is 1. The van der Waals surface area contributed by atoms with E-state index in [0.717, 1.165) is 26.8 Å². The average molecular weight is 309 g/mol. The fourth-order valence-electron chi connectivity index (χ4n) is 1.16. The summed E-state index contributed by atoms with van der Waals surface area (Å²) in [6.07, 6.45) is 0. The average Bonchev–Trinajstić information content (AvgIpc) is 2.04. The van der Waals surface area contributed by atoms with E-state index in [4.69, 9.17) is 4.74 Å². The van der Waals surface area contributed by atoms with Gasteiger partial charge in [-0.1, -0.05) is 15.9 Å². The molecule has 0 saturated heterocycles. The topological polar surface area (TPSA) is 21.3 Å². The molecule has 0 aromatic heterocycles. The number of benzene rings is 1. The number of rotatable bonds is 3. The molecule has 0 saturated carbocycles. The van der Waals surface area contributed by atoms with Crippen molar-refractivity contribution in [2.45, 2.75) is 6.54 Å². The van der Waals surface area contributed by atoms with Crippen LogP contribution in [0.5, 0.6) is 5.75 Å². The lowest BCUT2D eigenvalue weighted by Crippen LogP contribution is -2.06. The highest BCUT2D eigenvalue weighted by atomic mass is 79.9. The zero-order valence-electron chi connectivity index (χ0n) is 7.53. The lowest BCUT2D eigenvalue weighted by Gasteiger charge is -2.10. The third-order valence-electron chi connectivity index (χ3n) is 1.66. The molecular formula is C9H11Br2NO. The Morgan fingerprint density at radius 3 is 2.62 bits per heavy atom. The van der Waals surface area contributed by atoms with Crippen molar-refractivity contribution < 1.29 is 4.74 Å². The highest BCUT2D eigenvalue weighted by molar-refractivity contribution is 9.11. The molecule has 4 heteroatoms. The van der Waals surface area contributed by atoms with Crippen LogP contribution in [0, 0.1) is 0 Å². The van der Waals surface area contributed by atoms with Gasteiger partial charge in [0.2, 0.25) is 0 Å². The van der Waals surface area contributed by atoms with Crippen LogP contribution in [0.15, 0.2) is 21.1 Å². The molecule has 0 radical (unpaired) electrons. The van der Waals surface area contributed by atoms with Gasteiger partial charge in [0.05, 0.1) is 11.6 Å². The predicted octanol–water partition coefficient (Wildman–Crippen LogP) is 2.94. The molecule has 13 heavy (non-hydrogen) atoms. The maximum Gasteiger partial charge on any atom is 0.137 e. The minimum atomic E-state index is 0.793. The van der Waals surface area contributed by atoms with Gasteiger partial charge >= 0.3 is 0 Å². The number of nitrogens with one attached hydrogen (secondary N) is 1. The normalized spacial score (nSPS) is 10.2. The van der Waals surface area contributed by atoms with Gasteiger partial charge in [0.15, 0.2) is 0 Å². The monoisotopic (exact) mass is 307 g/mol. The van der Waals surface area contributed by atoms with Gasteiger partial charge < -0.3 is 10.1 Å². The highest BCUT2D eigenvalue weighted by Gasteiger charge is 2.07. The Hall–Kier alpha value is -0.0600. The summed E-state index contributed by atoms with van der Waals surface area (Å²) in [6.45, 7) is 0.793. The van der Waals surface area contributed by atoms with Crippen LogP contribution in [-0.2, 0) is 6.54 Å². The summed E-state index contributed by atoms with van der Waals surface area (Å²) in [7, 11) is 3.58. The molecule has 1 aromatic rings. The van der Waals surface area contributed by atoms with Crippen LogP contribution in [0.2, 0.25) is 0 Å². The maximum absolute atomic E-state index is 5.28. The van der Waals surface area contributed by atoms with E-state index in [1.165, 1.54) is 0 Å². The Kier molecular flexibility index (Phi) is 4.22. The van der Waals surface area contributed by atoms with Crippen LogP contribution in [0.4, 0.5) is 0 Å². The van der Waals surface area contributed by atoms with Crippen molar-refractivity contribution >= 4 is 31.9 Å². The summed E-state index contributed by atoms with van der Waals surface area (Å²) in [6, 6.07) is 4.01. The summed E-state index contributed by atoms with van der Waals surface area (Å²) in [5.41, 5.74) is 1.13. The van der Waals surface area contributed by atoms with Crippen LogP contribution in [0.3, 0.4) is 0 Å². The second kappa shape index (κ2) is 4.98. The van der Waals surface area contributed by atoms with Gasteiger partial charge in [-0.25, -0.2) is 0 Å². The van der Waals surface area contributed by atoms with Gasteiger partial charge in [-0.15, -0.1) is 0 Å². The molecule has 0 atom stereocenters. The van der Waals surface area contributed by atoms with Crippen LogP contribution in [0.1, 0.15) is 5.56 Å². The fourth-order valence-corrected chi connectivity index (χ4v) is 2.64. The molecule has 0 amide bonds.